The lowest BCUT2D eigenvalue weighted by atomic mass is 9.97. The van der Waals surface area contributed by atoms with Gasteiger partial charge in [0.15, 0.2) is 0 Å². The van der Waals surface area contributed by atoms with Crippen LogP contribution in [0.5, 0.6) is 0 Å². The maximum atomic E-state index is 5.85. The van der Waals surface area contributed by atoms with Gasteiger partial charge in [0.25, 0.3) is 0 Å². The smallest absolute Gasteiger partial charge is 0.0629 e. The molecule has 2 atom stereocenters. The summed E-state index contributed by atoms with van der Waals surface area (Å²) in [6.07, 6.45) is 2.52. The van der Waals surface area contributed by atoms with E-state index in [0.717, 1.165) is 13.2 Å². The number of hydrogen-bond acceptors (Lipinski definition) is 2. The lowest BCUT2D eigenvalue weighted by molar-refractivity contribution is -0.0214. The Morgan fingerprint density at radius 2 is 1.80 bits per heavy atom. The molecule has 2 nitrogen and oxygen atoms in total. The molecule has 0 aromatic carbocycles. The zero-order valence-corrected chi connectivity index (χ0v) is 11.4. The molecular formula is C13H29NO. The lowest BCUT2D eigenvalue weighted by Crippen LogP contribution is -2.41. The fourth-order valence-electron chi connectivity index (χ4n) is 1.68. The average Bonchev–Trinajstić information content (AvgIpc) is 2.11. The van der Waals surface area contributed by atoms with Crippen molar-refractivity contribution in [2.75, 3.05) is 13.2 Å². The molecule has 0 aliphatic carbocycles. The van der Waals surface area contributed by atoms with Crippen molar-refractivity contribution in [3.05, 3.63) is 0 Å². The van der Waals surface area contributed by atoms with E-state index < -0.39 is 0 Å². The molecule has 92 valence electrons. The third-order valence-corrected chi connectivity index (χ3v) is 2.59. The van der Waals surface area contributed by atoms with Gasteiger partial charge in [0, 0.05) is 6.04 Å². The summed E-state index contributed by atoms with van der Waals surface area (Å²) in [5.74, 6) is 0.692. The van der Waals surface area contributed by atoms with Crippen molar-refractivity contribution in [3.63, 3.8) is 0 Å². The maximum Gasteiger partial charge on any atom is 0.0629 e. The fraction of sp³-hybridized carbons (Fsp3) is 1.00. The van der Waals surface area contributed by atoms with E-state index in [1.54, 1.807) is 0 Å². The molecular weight excluding hydrogens is 186 g/mol. The molecule has 0 rings (SSSR count). The van der Waals surface area contributed by atoms with Crippen LogP contribution < -0.4 is 5.32 Å². The van der Waals surface area contributed by atoms with Crippen LogP contribution >= 0.6 is 0 Å². The average molecular weight is 215 g/mol. The molecule has 0 aliphatic rings. The van der Waals surface area contributed by atoms with E-state index in [0.29, 0.717) is 12.0 Å². The van der Waals surface area contributed by atoms with Crippen molar-refractivity contribution in [1.29, 1.82) is 0 Å². The van der Waals surface area contributed by atoms with Crippen LogP contribution in [0.3, 0.4) is 0 Å². The summed E-state index contributed by atoms with van der Waals surface area (Å²) in [6, 6.07) is 0.495. The molecule has 0 bridgehead atoms. The maximum absolute atomic E-state index is 5.85. The van der Waals surface area contributed by atoms with Crippen molar-refractivity contribution in [2.45, 2.75) is 66.0 Å². The molecule has 0 radical (unpaired) electrons. The number of hydrogen-bond donors (Lipinski definition) is 1. The van der Waals surface area contributed by atoms with Gasteiger partial charge in [0.2, 0.25) is 0 Å². The molecule has 0 aromatic rings. The van der Waals surface area contributed by atoms with Gasteiger partial charge in [-0.15, -0.1) is 0 Å². The first-order valence-corrected chi connectivity index (χ1v) is 6.28. The minimum absolute atomic E-state index is 0.0282. The van der Waals surface area contributed by atoms with Gasteiger partial charge < -0.3 is 10.1 Å². The van der Waals surface area contributed by atoms with Gasteiger partial charge in [0.1, 0.15) is 0 Å². The topological polar surface area (TPSA) is 21.3 Å². The molecule has 0 saturated carbocycles. The van der Waals surface area contributed by atoms with Gasteiger partial charge in [-0.25, -0.2) is 0 Å². The number of rotatable bonds is 7. The van der Waals surface area contributed by atoms with E-state index in [1.807, 2.05) is 0 Å². The van der Waals surface area contributed by atoms with E-state index in [9.17, 15) is 0 Å². The van der Waals surface area contributed by atoms with Crippen molar-refractivity contribution in [3.8, 4) is 0 Å². The molecule has 0 aromatic heterocycles. The van der Waals surface area contributed by atoms with Gasteiger partial charge in [-0.05, 0) is 39.7 Å². The van der Waals surface area contributed by atoms with Crippen LogP contribution in [0, 0.1) is 5.92 Å². The summed E-state index contributed by atoms with van der Waals surface area (Å²) in [5.41, 5.74) is -0.0282. The van der Waals surface area contributed by atoms with E-state index in [4.69, 9.17) is 4.74 Å². The van der Waals surface area contributed by atoms with Crippen LogP contribution in [-0.4, -0.2) is 24.8 Å². The van der Waals surface area contributed by atoms with Crippen molar-refractivity contribution in [2.24, 2.45) is 5.92 Å². The molecule has 0 saturated heterocycles. The summed E-state index contributed by atoms with van der Waals surface area (Å²) < 4.78 is 5.85. The number of ether oxygens (including phenoxy) is 1. The van der Waals surface area contributed by atoms with Gasteiger partial charge in [-0.3, -0.25) is 0 Å². The highest BCUT2D eigenvalue weighted by Gasteiger charge is 2.19. The summed E-state index contributed by atoms with van der Waals surface area (Å²) in [5, 5.41) is 3.51. The predicted molar refractivity (Wildman–Crippen MR) is 67.2 cm³/mol. The van der Waals surface area contributed by atoms with Crippen LogP contribution in [0.15, 0.2) is 0 Å². The largest absolute Gasteiger partial charge is 0.374 e. The van der Waals surface area contributed by atoms with E-state index in [2.05, 4.69) is 46.9 Å². The Balaban J connectivity index is 4.03. The van der Waals surface area contributed by atoms with Crippen LogP contribution in [-0.2, 0) is 4.74 Å². The zero-order valence-electron chi connectivity index (χ0n) is 11.4. The first-order chi connectivity index (χ1) is 6.90. The Bertz CT molecular complexity index is 151. The molecule has 2 unspecified atom stereocenters. The Hall–Kier alpha value is -0.0800. The molecule has 0 heterocycles. The molecule has 15 heavy (non-hydrogen) atoms. The van der Waals surface area contributed by atoms with Gasteiger partial charge >= 0.3 is 0 Å². The van der Waals surface area contributed by atoms with Crippen LogP contribution in [0.4, 0.5) is 0 Å². The summed E-state index contributed by atoms with van der Waals surface area (Å²) in [6.45, 7) is 14.9. The molecule has 0 aliphatic heterocycles. The highest BCUT2D eigenvalue weighted by atomic mass is 16.5. The number of nitrogens with one attached hydrogen (secondary N) is 1. The van der Waals surface area contributed by atoms with Gasteiger partial charge in [0.05, 0.1) is 12.2 Å². The third kappa shape index (κ3) is 7.80. The normalized spacial score (nSPS) is 16.4. The van der Waals surface area contributed by atoms with Crippen LogP contribution in [0.2, 0.25) is 0 Å². The van der Waals surface area contributed by atoms with Crippen LogP contribution in [0.1, 0.15) is 54.4 Å². The second-order valence-corrected chi connectivity index (χ2v) is 5.35. The lowest BCUT2D eigenvalue weighted by Gasteiger charge is -2.28. The second kappa shape index (κ2) is 7.24. The minimum Gasteiger partial charge on any atom is -0.374 e. The highest BCUT2D eigenvalue weighted by molar-refractivity contribution is 4.74. The first kappa shape index (κ1) is 14.9. The Labute approximate surface area is 95.8 Å². The van der Waals surface area contributed by atoms with Crippen molar-refractivity contribution < 1.29 is 4.74 Å². The van der Waals surface area contributed by atoms with Gasteiger partial charge in [-0.2, -0.15) is 0 Å². The monoisotopic (exact) mass is 215 g/mol. The van der Waals surface area contributed by atoms with Crippen molar-refractivity contribution in [1.82, 2.24) is 5.32 Å². The molecule has 0 amide bonds. The first-order valence-electron chi connectivity index (χ1n) is 6.28. The van der Waals surface area contributed by atoms with E-state index in [-0.39, 0.29) is 5.60 Å². The quantitative estimate of drug-likeness (QED) is 0.704. The second-order valence-electron chi connectivity index (χ2n) is 5.35. The molecule has 1 N–H and O–H groups in total. The SMILES string of the molecule is CCCC(C)C(COC(C)(C)C)NCC. The molecule has 0 spiro atoms. The zero-order chi connectivity index (χ0) is 11.9. The molecule has 0 fully saturated rings. The Kier molecular flexibility index (Phi) is 7.20. The van der Waals surface area contributed by atoms with Crippen LogP contribution in [0.25, 0.3) is 0 Å². The van der Waals surface area contributed by atoms with Crippen molar-refractivity contribution >= 4 is 0 Å². The predicted octanol–water partition coefficient (Wildman–Crippen LogP) is 3.22. The standard InChI is InChI=1S/C13H29NO/c1-7-9-11(3)12(14-8-2)10-15-13(4,5)6/h11-12,14H,7-10H2,1-6H3. The fourth-order valence-corrected chi connectivity index (χ4v) is 1.68. The number of likely N-dealkylation sites (N-methyl/N-ethyl adjacent to an activating group) is 1. The van der Waals surface area contributed by atoms with E-state index >= 15 is 0 Å². The van der Waals surface area contributed by atoms with Gasteiger partial charge in [-0.1, -0.05) is 27.2 Å². The summed E-state index contributed by atoms with van der Waals surface area (Å²) >= 11 is 0. The summed E-state index contributed by atoms with van der Waals surface area (Å²) in [7, 11) is 0. The molecule has 2 heteroatoms. The van der Waals surface area contributed by atoms with E-state index in [1.165, 1.54) is 12.8 Å². The third-order valence-electron chi connectivity index (χ3n) is 2.59. The highest BCUT2D eigenvalue weighted by Crippen LogP contribution is 2.14. The summed E-state index contributed by atoms with van der Waals surface area (Å²) in [4.78, 5) is 0. The Morgan fingerprint density at radius 1 is 1.20 bits per heavy atom. The Morgan fingerprint density at radius 3 is 2.20 bits per heavy atom. The minimum atomic E-state index is -0.0282.